The molecule has 0 saturated carbocycles. The third-order valence-corrected chi connectivity index (χ3v) is 7.34. The van der Waals surface area contributed by atoms with Crippen LogP contribution in [-0.2, 0) is 14.6 Å². The fourth-order valence-corrected chi connectivity index (χ4v) is 5.06. The first kappa shape index (κ1) is 24.3. The Morgan fingerprint density at radius 1 is 1.03 bits per heavy atom. The van der Waals surface area contributed by atoms with Crippen LogP contribution in [0.1, 0.15) is 12.0 Å². The molecule has 2 aromatic carbocycles. The first-order valence-corrected chi connectivity index (χ1v) is 11.8. The number of fused-ring (bicyclic) bond motifs is 1. The van der Waals surface area contributed by atoms with Gasteiger partial charge in [-0.1, -0.05) is 41.2 Å². The smallest absolute Gasteiger partial charge is 0.229 e. The number of rotatable bonds is 8. The van der Waals surface area contributed by atoms with E-state index in [1.807, 2.05) is 50.2 Å². The van der Waals surface area contributed by atoms with E-state index in [2.05, 4.69) is 4.98 Å². The minimum Gasteiger partial charge on any atom is -0.308 e. The van der Waals surface area contributed by atoms with Crippen LogP contribution in [0, 0.1) is 6.92 Å². The largest absolute Gasteiger partial charge is 0.308 e. The SMILES string of the molecule is Cc1ccc(S(=O)(=O)CCC(=O)N(CCN(C)C)c2nc3ccccc3s2)cc1.Cl. The van der Waals surface area contributed by atoms with Gasteiger partial charge in [-0.05, 0) is 45.3 Å². The molecule has 3 aromatic rings. The minimum absolute atomic E-state index is 0. The zero-order valence-corrected chi connectivity index (χ0v) is 19.7. The maximum atomic E-state index is 13.0. The fraction of sp³-hybridized carbons (Fsp3) is 0.333. The van der Waals surface area contributed by atoms with E-state index < -0.39 is 9.84 Å². The van der Waals surface area contributed by atoms with Crippen molar-refractivity contribution in [3.05, 3.63) is 54.1 Å². The average molecular weight is 468 g/mol. The number of para-hydroxylation sites is 1. The summed E-state index contributed by atoms with van der Waals surface area (Å²) < 4.78 is 26.2. The van der Waals surface area contributed by atoms with Crippen molar-refractivity contribution in [2.24, 2.45) is 0 Å². The summed E-state index contributed by atoms with van der Waals surface area (Å²) in [7, 11) is 0.348. The molecule has 6 nitrogen and oxygen atoms in total. The van der Waals surface area contributed by atoms with E-state index in [4.69, 9.17) is 0 Å². The number of halogens is 1. The Kier molecular flexibility index (Phi) is 8.37. The molecule has 0 fully saturated rings. The monoisotopic (exact) mass is 467 g/mol. The lowest BCUT2D eigenvalue weighted by atomic mass is 10.2. The van der Waals surface area contributed by atoms with E-state index in [1.165, 1.54) is 11.3 Å². The molecular weight excluding hydrogens is 442 g/mol. The second-order valence-electron chi connectivity index (χ2n) is 7.19. The highest BCUT2D eigenvalue weighted by Gasteiger charge is 2.23. The van der Waals surface area contributed by atoms with Crippen LogP contribution >= 0.6 is 23.7 Å². The molecule has 0 aliphatic heterocycles. The standard InChI is InChI=1S/C21H25N3O3S2.ClH/c1-16-8-10-17(11-9-16)29(26,27)15-12-20(25)24(14-13-23(2)3)21-22-18-6-4-5-7-19(18)28-21;/h4-11H,12-15H2,1-3H3;1H. The van der Waals surface area contributed by atoms with Crippen molar-refractivity contribution in [1.82, 2.24) is 9.88 Å². The molecule has 0 bridgehead atoms. The molecule has 9 heteroatoms. The number of benzene rings is 2. The second-order valence-corrected chi connectivity index (χ2v) is 10.3. The number of aryl methyl sites for hydroxylation is 1. The molecule has 0 unspecified atom stereocenters. The van der Waals surface area contributed by atoms with Crippen molar-refractivity contribution in [2.75, 3.05) is 37.8 Å². The molecule has 0 atom stereocenters. The van der Waals surface area contributed by atoms with Crippen LogP contribution in [0.4, 0.5) is 5.13 Å². The van der Waals surface area contributed by atoms with Gasteiger partial charge < -0.3 is 4.90 Å². The fourth-order valence-electron chi connectivity index (χ4n) is 2.82. The summed E-state index contributed by atoms with van der Waals surface area (Å²) in [5.74, 6) is -0.459. The number of aromatic nitrogens is 1. The van der Waals surface area contributed by atoms with Gasteiger partial charge in [-0.15, -0.1) is 12.4 Å². The maximum absolute atomic E-state index is 13.0. The van der Waals surface area contributed by atoms with Gasteiger partial charge in [-0.25, -0.2) is 13.4 Å². The van der Waals surface area contributed by atoms with E-state index in [9.17, 15) is 13.2 Å². The van der Waals surface area contributed by atoms with Crippen LogP contribution in [0.3, 0.4) is 0 Å². The predicted octanol–water partition coefficient (Wildman–Crippen LogP) is 3.79. The quantitative estimate of drug-likeness (QED) is 0.504. The van der Waals surface area contributed by atoms with Crippen LogP contribution in [-0.4, -0.2) is 57.1 Å². The van der Waals surface area contributed by atoms with Gasteiger partial charge in [0.1, 0.15) is 0 Å². The predicted molar refractivity (Wildman–Crippen MR) is 126 cm³/mol. The molecule has 0 radical (unpaired) electrons. The lowest BCUT2D eigenvalue weighted by Gasteiger charge is -2.22. The topological polar surface area (TPSA) is 70.6 Å². The normalized spacial score (nSPS) is 11.5. The number of nitrogens with zero attached hydrogens (tertiary/aromatic N) is 3. The van der Waals surface area contributed by atoms with Crippen molar-refractivity contribution >= 4 is 54.8 Å². The number of thiazole rings is 1. The van der Waals surface area contributed by atoms with Crippen LogP contribution < -0.4 is 4.90 Å². The lowest BCUT2D eigenvalue weighted by molar-refractivity contribution is -0.118. The third kappa shape index (κ3) is 6.01. The highest BCUT2D eigenvalue weighted by molar-refractivity contribution is 7.91. The van der Waals surface area contributed by atoms with Gasteiger partial charge in [0.25, 0.3) is 0 Å². The summed E-state index contributed by atoms with van der Waals surface area (Å²) in [5.41, 5.74) is 1.83. The molecule has 0 N–H and O–H groups in total. The molecule has 0 aliphatic rings. The first-order valence-electron chi connectivity index (χ1n) is 9.36. The zero-order valence-electron chi connectivity index (χ0n) is 17.2. The molecule has 30 heavy (non-hydrogen) atoms. The number of carbonyl (C=O) groups excluding carboxylic acids is 1. The summed E-state index contributed by atoms with van der Waals surface area (Å²) in [6, 6.07) is 14.4. The number of likely N-dealkylation sites (N-methyl/N-ethyl adjacent to an activating group) is 1. The minimum atomic E-state index is -3.52. The molecule has 1 heterocycles. The number of anilines is 1. The number of hydrogen-bond donors (Lipinski definition) is 0. The zero-order chi connectivity index (χ0) is 21.0. The molecule has 1 aromatic heterocycles. The summed E-state index contributed by atoms with van der Waals surface area (Å²) in [6.45, 7) is 3.02. The summed E-state index contributed by atoms with van der Waals surface area (Å²) >= 11 is 1.44. The highest BCUT2D eigenvalue weighted by Crippen LogP contribution is 2.29. The highest BCUT2D eigenvalue weighted by atomic mass is 35.5. The Hall–Kier alpha value is -2.00. The van der Waals surface area contributed by atoms with Gasteiger partial charge in [0, 0.05) is 19.5 Å². The molecule has 3 rings (SSSR count). The van der Waals surface area contributed by atoms with Crippen molar-refractivity contribution < 1.29 is 13.2 Å². The number of hydrogen-bond acceptors (Lipinski definition) is 6. The number of amides is 1. The maximum Gasteiger partial charge on any atom is 0.229 e. The Morgan fingerprint density at radius 3 is 2.33 bits per heavy atom. The van der Waals surface area contributed by atoms with Crippen LogP contribution in [0.2, 0.25) is 0 Å². The summed E-state index contributed by atoms with van der Waals surface area (Å²) in [5, 5.41) is 0.603. The van der Waals surface area contributed by atoms with Crippen molar-refractivity contribution in [3.8, 4) is 0 Å². The van der Waals surface area contributed by atoms with E-state index in [0.717, 1.165) is 15.8 Å². The molecular formula is C21H26ClN3O3S2. The van der Waals surface area contributed by atoms with E-state index in [1.54, 1.807) is 29.2 Å². The van der Waals surface area contributed by atoms with Crippen molar-refractivity contribution in [2.45, 2.75) is 18.2 Å². The Balaban J connectivity index is 0.00000320. The molecule has 0 aliphatic carbocycles. The summed E-state index contributed by atoms with van der Waals surface area (Å²) in [4.78, 5) is 21.4. The Bertz CT molecular complexity index is 1060. The molecule has 162 valence electrons. The van der Waals surface area contributed by atoms with Crippen LogP contribution in [0.15, 0.2) is 53.4 Å². The number of sulfone groups is 1. The van der Waals surface area contributed by atoms with Gasteiger partial charge >= 0.3 is 0 Å². The van der Waals surface area contributed by atoms with Crippen LogP contribution in [0.5, 0.6) is 0 Å². The van der Waals surface area contributed by atoms with Gasteiger partial charge in [0.2, 0.25) is 5.91 Å². The first-order chi connectivity index (χ1) is 13.8. The molecule has 0 spiro atoms. The van der Waals surface area contributed by atoms with Crippen molar-refractivity contribution in [1.29, 1.82) is 0 Å². The third-order valence-electron chi connectivity index (χ3n) is 4.55. The van der Waals surface area contributed by atoms with Crippen molar-refractivity contribution in [3.63, 3.8) is 0 Å². The number of carbonyl (C=O) groups is 1. The van der Waals surface area contributed by atoms with E-state index in [-0.39, 0.29) is 35.4 Å². The van der Waals surface area contributed by atoms with Gasteiger partial charge in [-0.3, -0.25) is 9.69 Å². The Labute approximate surface area is 187 Å². The lowest BCUT2D eigenvalue weighted by Crippen LogP contribution is -2.37. The van der Waals surface area contributed by atoms with Crippen LogP contribution in [0.25, 0.3) is 10.2 Å². The van der Waals surface area contributed by atoms with E-state index >= 15 is 0 Å². The van der Waals surface area contributed by atoms with E-state index in [0.29, 0.717) is 18.2 Å². The van der Waals surface area contributed by atoms with Gasteiger partial charge in [0.05, 0.1) is 20.9 Å². The van der Waals surface area contributed by atoms with Gasteiger partial charge in [-0.2, -0.15) is 0 Å². The van der Waals surface area contributed by atoms with Gasteiger partial charge in [0.15, 0.2) is 15.0 Å². The summed E-state index contributed by atoms with van der Waals surface area (Å²) in [6.07, 6.45) is -0.0838. The second kappa shape index (κ2) is 10.3. The average Bonchev–Trinajstić information content (AvgIpc) is 3.10. The molecule has 0 saturated heterocycles. The Morgan fingerprint density at radius 2 is 1.70 bits per heavy atom. The molecule has 1 amide bonds.